The van der Waals surface area contributed by atoms with Crippen molar-refractivity contribution < 1.29 is 12.8 Å². The minimum absolute atomic E-state index is 0.0906. The van der Waals surface area contributed by atoms with Gasteiger partial charge in [-0.3, -0.25) is 0 Å². The van der Waals surface area contributed by atoms with E-state index in [0.29, 0.717) is 11.1 Å². The number of guanidine groups is 1. The van der Waals surface area contributed by atoms with E-state index in [2.05, 4.69) is 10.3 Å². The summed E-state index contributed by atoms with van der Waals surface area (Å²) in [4.78, 5) is 4.17. The number of anilines is 1. The summed E-state index contributed by atoms with van der Waals surface area (Å²) >= 11 is 0. The molecule has 0 saturated heterocycles. The Morgan fingerprint density at radius 3 is 2.46 bits per heavy atom. The van der Waals surface area contributed by atoms with Gasteiger partial charge in [0.25, 0.3) is 0 Å². The average molecular weight is 349 g/mol. The Kier molecular flexibility index (Phi) is 5.56. The first kappa shape index (κ1) is 17.9. The third kappa shape index (κ3) is 5.66. The molecule has 0 bridgehead atoms. The molecule has 2 rings (SSSR count). The maximum Gasteiger partial charge on any atom is 0.193 e. The lowest BCUT2D eigenvalue weighted by atomic mass is 10.1. The monoisotopic (exact) mass is 349 g/mol. The van der Waals surface area contributed by atoms with E-state index >= 15 is 0 Å². The lowest BCUT2D eigenvalue weighted by Crippen LogP contribution is -2.22. The number of hydrogen-bond donors (Lipinski definition) is 2. The molecule has 5 nitrogen and oxygen atoms in total. The van der Waals surface area contributed by atoms with Crippen LogP contribution in [0.25, 0.3) is 0 Å². The predicted molar refractivity (Wildman–Crippen MR) is 95.1 cm³/mol. The van der Waals surface area contributed by atoms with Crippen molar-refractivity contribution in [2.24, 2.45) is 10.7 Å². The first-order chi connectivity index (χ1) is 11.2. The van der Waals surface area contributed by atoms with Gasteiger partial charge in [0.1, 0.15) is 5.82 Å². The molecule has 0 spiro atoms. The Bertz CT molecular complexity index is 847. The van der Waals surface area contributed by atoms with Crippen LogP contribution in [-0.4, -0.2) is 20.6 Å². The maximum absolute atomic E-state index is 13.4. The molecule has 128 valence electrons. The maximum atomic E-state index is 13.4. The van der Waals surface area contributed by atoms with Crippen LogP contribution in [0.3, 0.4) is 0 Å². The van der Waals surface area contributed by atoms with Crippen molar-refractivity contribution in [2.45, 2.75) is 19.2 Å². The Morgan fingerprint density at radius 2 is 1.83 bits per heavy atom. The van der Waals surface area contributed by atoms with E-state index < -0.39 is 15.7 Å². The molecule has 24 heavy (non-hydrogen) atoms. The van der Waals surface area contributed by atoms with Crippen LogP contribution in [0, 0.1) is 12.7 Å². The molecule has 0 unspecified atom stereocenters. The number of rotatable bonds is 5. The van der Waals surface area contributed by atoms with Crippen molar-refractivity contribution in [1.29, 1.82) is 0 Å². The number of aliphatic imine (C=N–C) groups is 1. The van der Waals surface area contributed by atoms with Gasteiger partial charge in [0.2, 0.25) is 0 Å². The minimum Gasteiger partial charge on any atom is -0.370 e. The highest BCUT2D eigenvalue weighted by molar-refractivity contribution is 7.89. The second kappa shape index (κ2) is 7.44. The lowest BCUT2D eigenvalue weighted by Gasteiger charge is -2.09. The largest absolute Gasteiger partial charge is 0.370 e. The van der Waals surface area contributed by atoms with E-state index in [9.17, 15) is 12.8 Å². The summed E-state index contributed by atoms with van der Waals surface area (Å²) in [6.07, 6.45) is 1.14. The second-order valence-electron chi connectivity index (χ2n) is 5.68. The van der Waals surface area contributed by atoms with Crippen molar-refractivity contribution in [1.82, 2.24) is 0 Å². The van der Waals surface area contributed by atoms with Crippen molar-refractivity contribution in [3.05, 3.63) is 65.0 Å². The van der Waals surface area contributed by atoms with Crippen LogP contribution in [0.1, 0.15) is 16.7 Å². The van der Waals surface area contributed by atoms with Gasteiger partial charge in [0, 0.05) is 11.9 Å². The van der Waals surface area contributed by atoms with Gasteiger partial charge in [-0.05, 0) is 42.3 Å². The third-order valence-corrected chi connectivity index (χ3v) is 4.17. The number of hydrogen-bond acceptors (Lipinski definition) is 3. The highest BCUT2D eigenvalue weighted by Gasteiger charge is 2.10. The zero-order valence-electron chi connectivity index (χ0n) is 13.6. The van der Waals surface area contributed by atoms with Gasteiger partial charge in [-0.25, -0.2) is 17.8 Å². The fourth-order valence-corrected chi connectivity index (χ4v) is 3.01. The predicted octanol–water partition coefficient (Wildman–Crippen LogP) is 2.61. The van der Waals surface area contributed by atoms with Gasteiger partial charge in [-0.15, -0.1) is 0 Å². The highest BCUT2D eigenvalue weighted by atomic mass is 32.2. The second-order valence-corrected chi connectivity index (χ2v) is 7.82. The first-order valence-corrected chi connectivity index (χ1v) is 9.37. The topological polar surface area (TPSA) is 84.5 Å². The van der Waals surface area contributed by atoms with E-state index in [1.54, 1.807) is 0 Å². The van der Waals surface area contributed by atoms with Gasteiger partial charge in [0.05, 0.1) is 12.3 Å². The van der Waals surface area contributed by atoms with Gasteiger partial charge in [-0.1, -0.05) is 23.8 Å². The molecule has 0 aliphatic heterocycles. The summed E-state index contributed by atoms with van der Waals surface area (Å²) in [6.45, 7) is 2.07. The summed E-state index contributed by atoms with van der Waals surface area (Å²) in [5.74, 6) is -0.431. The molecule has 0 aromatic heterocycles. The molecular formula is C17H20FN3O2S. The fraction of sp³-hybridized carbons (Fsp3) is 0.235. The highest BCUT2D eigenvalue weighted by Crippen LogP contribution is 2.16. The van der Waals surface area contributed by atoms with Crippen LogP contribution in [0.15, 0.2) is 47.5 Å². The summed E-state index contributed by atoms with van der Waals surface area (Å²) < 4.78 is 36.4. The zero-order valence-corrected chi connectivity index (χ0v) is 14.4. The van der Waals surface area contributed by atoms with Crippen LogP contribution in [-0.2, 0) is 22.1 Å². The molecule has 7 heteroatoms. The van der Waals surface area contributed by atoms with Crippen molar-refractivity contribution >= 4 is 21.5 Å². The number of halogens is 1. The molecule has 3 N–H and O–H groups in total. The Morgan fingerprint density at radius 1 is 1.17 bits per heavy atom. The van der Waals surface area contributed by atoms with E-state index in [-0.39, 0.29) is 18.3 Å². The molecule has 2 aromatic carbocycles. The van der Waals surface area contributed by atoms with Crippen molar-refractivity contribution in [3.63, 3.8) is 0 Å². The van der Waals surface area contributed by atoms with Crippen molar-refractivity contribution in [3.8, 4) is 0 Å². The quantitative estimate of drug-likeness (QED) is 0.642. The SMILES string of the molecule is Cc1ccc(NC(N)=NCc2cc(F)ccc2CS(C)(=O)=O)cc1. The molecule has 0 radical (unpaired) electrons. The van der Waals surface area contributed by atoms with Crippen LogP contribution in [0.5, 0.6) is 0 Å². The Labute approximate surface area is 141 Å². The lowest BCUT2D eigenvalue weighted by molar-refractivity contribution is 0.600. The van der Waals surface area contributed by atoms with E-state index in [1.165, 1.54) is 18.2 Å². The number of nitrogens with two attached hydrogens (primary N) is 1. The van der Waals surface area contributed by atoms with Gasteiger partial charge >= 0.3 is 0 Å². The molecule has 0 aliphatic rings. The molecule has 0 heterocycles. The first-order valence-electron chi connectivity index (χ1n) is 7.31. The van der Waals surface area contributed by atoms with Crippen LogP contribution >= 0.6 is 0 Å². The number of benzene rings is 2. The molecule has 0 saturated carbocycles. The van der Waals surface area contributed by atoms with Crippen molar-refractivity contribution in [2.75, 3.05) is 11.6 Å². The van der Waals surface area contributed by atoms with Gasteiger partial charge in [-0.2, -0.15) is 0 Å². The third-order valence-electron chi connectivity index (χ3n) is 3.33. The normalized spacial score (nSPS) is 12.2. The van der Waals surface area contributed by atoms with Gasteiger partial charge in [0.15, 0.2) is 15.8 Å². The standard InChI is InChI=1S/C17H20FN3O2S/c1-12-3-7-16(8-4-12)21-17(19)20-10-14-9-15(18)6-5-13(14)11-24(2,22)23/h3-9H,10-11H2,1-2H3,(H3,19,20,21). The number of aryl methyl sites for hydroxylation is 1. The van der Waals surface area contributed by atoms with Crippen LogP contribution < -0.4 is 11.1 Å². The molecule has 0 atom stereocenters. The van der Waals surface area contributed by atoms with E-state index in [1.807, 2.05) is 31.2 Å². The number of sulfone groups is 1. The van der Waals surface area contributed by atoms with Gasteiger partial charge < -0.3 is 11.1 Å². The van der Waals surface area contributed by atoms with Crippen LogP contribution in [0.4, 0.5) is 10.1 Å². The smallest absolute Gasteiger partial charge is 0.193 e. The summed E-state index contributed by atoms with van der Waals surface area (Å²) in [5.41, 5.74) is 8.76. The summed E-state index contributed by atoms with van der Waals surface area (Å²) in [7, 11) is -3.22. The fourth-order valence-electron chi connectivity index (χ4n) is 2.16. The van der Waals surface area contributed by atoms with E-state index in [4.69, 9.17) is 5.73 Å². The molecule has 2 aromatic rings. The number of nitrogens with one attached hydrogen (secondary N) is 1. The molecular weight excluding hydrogens is 329 g/mol. The number of nitrogens with zero attached hydrogens (tertiary/aromatic N) is 1. The minimum atomic E-state index is -3.22. The Balaban J connectivity index is 2.14. The van der Waals surface area contributed by atoms with Crippen LogP contribution in [0.2, 0.25) is 0 Å². The van der Waals surface area contributed by atoms with E-state index in [0.717, 1.165) is 17.5 Å². The average Bonchev–Trinajstić information content (AvgIpc) is 2.48. The summed E-state index contributed by atoms with van der Waals surface area (Å²) in [5, 5.41) is 2.94. The zero-order chi connectivity index (χ0) is 17.7. The Hall–Kier alpha value is -2.41. The molecule has 0 fully saturated rings. The summed E-state index contributed by atoms with van der Waals surface area (Å²) in [6, 6.07) is 11.6. The molecule has 0 aliphatic carbocycles. The molecule has 0 amide bonds.